The summed E-state index contributed by atoms with van der Waals surface area (Å²) in [6.45, 7) is 0.662. The summed E-state index contributed by atoms with van der Waals surface area (Å²) in [6, 6.07) is 16.9. The minimum Gasteiger partial charge on any atom is -0.497 e. The molecular formula is C17H20N2O2. The number of benzene rings is 2. The van der Waals surface area contributed by atoms with Gasteiger partial charge in [-0.15, -0.1) is 0 Å². The van der Waals surface area contributed by atoms with Crippen LogP contribution in [0.2, 0.25) is 0 Å². The summed E-state index contributed by atoms with van der Waals surface area (Å²) in [7, 11) is 1.65. The summed E-state index contributed by atoms with van der Waals surface area (Å²) in [5, 5.41) is 3.21. The SMILES string of the molecule is COc1cccc(CCN[C@H](C(N)=O)c2ccccc2)c1. The van der Waals surface area contributed by atoms with E-state index in [0.29, 0.717) is 6.54 Å². The maximum atomic E-state index is 11.6. The number of amides is 1. The maximum absolute atomic E-state index is 11.6. The van der Waals surface area contributed by atoms with Gasteiger partial charge < -0.3 is 15.8 Å². The average Bonchev–Trinajstić information content (AvgIpc) is 2.52. The average molecular weight is 284 g/mol. The van der Waals surface area contributed by atoms with Crippen LogP contribution in [0.1, 0.15) is 17.2 Å². The van der Waals surface area contributed by atoms with Crippen molar-refractivity contribution < 1.29 is 9.53 Å². The number of nitrogens with two attached hydrogens (primary N) is 1. The van der Waals surface area contributed by atoms with Gasteiger partial charge in [-0.1, -0.05) is 42.5 Å². The molecule has 0 fully saturated rings. The molecule has 0 aliphatic carbocycles. The molecule has 2 rings (SSSR count). The van der Waals surface area contributed by atoms with Crippen LogP contribution >= 0.6 is 0 Å². The fourth-order valence-electron chi connectivity index (χ4n) is 2.22. The van der Waals surface area contributed by atoms with Gasteiger partial charge in [0.05, 0.1) is 7.11 Å². The Hall–Kier alpha value is -2.33. The number of carbonyl (C=O) groups is 1. The van der Waals surface area contributed by atoms with Crippen LogP contribution in [0.15, 0.2) is 54.6 Å². The molecule has 0 unspecified atom stereocenters. The molecule has 0 bridgehead atoms. The van der Waals surface area contributed by atoms with E-state index in [9.17, 15) is 4.79 Å². The molecule has 110 valence electrons. The van der Waals surface area contributed by atoms with E-state index in [-0.39, 0.29) is 5.91 Å². The van der Waals surface area contributed by atoms with Crippen molar-refractivity contribution >= 4 is 5.91 Å². The van der Waals surface area contributed by atoms with Crippen molar-refractivity contribution in [1.82, 2.24) is 5.32 Å². The lowest BCUT2D eigenvalue weighted by molar-refractivity contribution is -0.120. The molecule has 0 aliphatic rings. The van der Waals surface area contributed by atoms with Crippen LogP contribution in [0.4, 0.5) is 0 Å². The maximum Gasteiger partial charge on any atom is 0.239 e. The molecule has 0 saturated carbocycles. The van der Waals surface area contributed by atoms with E-state index < -0.39 is 6.04 Å². The van der Waals surface area contributed by atoms with E-state index in [2.05, 4.69) is 5.32 Å². The molecule has 0 heterocycles. The first-order valence-electron chi connectivity index (χ1n) is 6.91. The van der Waals surface area contributed by atoms with Gasteiger partial charge in [-0.2, -0.15) is 0 Å². The number of methoxy groups -OCH3 is 1. The highest BCUT2D eigenvalue weighted by Crippen LogP contribution is 2.14. The van der Waals surface area contributed by atoms with Crippen LogP contribution in [-0.4, -0.2) is 19.6 Å². The Morgan fingerprint density at radius 3 is 2.62 bits per heavy atom. The number of primary amides is 1. The summed E-state index contributed by atoms with van der Waals surface area (Å²) in [5.41, 5.74) is 7.51. The van der Waals surface area contributed by atoms with Gasteiger partial charge in [0.25, 0.3) is 0 Å². The van der Waals surface area contributed by atoms with Crippen molar-refractivity contribution in [2.24, 2.45) is 5.73 Å². The third kappa shape index (κ3) is 4.33. The Morgan fingerprint density at radius 2 is 1.95 bits per heavy atom. The predicted molar refractivity (Wildman–Crippen MR) is 83.1 cm³/mol. The third-order valence-corrected chi connectivity index (χ3v) is 3.31. The topological polar surface area (TPSA) is 64.3 Å². The van der Waals surface area contributed by atoms with Crippen molar-refractivity contribution in [1.29, 1.82) is 0 Å². The van der Waals surface area contributed by atoms with E-state index in [1.54, 1.807) is 7.11 Å². The monoisotopic (exact) mass is 284 g/mol. The van der Waals surface area contributed by atoms with Gasteiger partial charge in [-0.3, -0.25) is 4.79 Å². The van der Waals surface area contributed by atoms with Crippen molar-refractivity contribution in [3.8, 4) is 5.75 Å². The molecule has 0 saturated heterocycles. The smallest absolute Gasteiger partial charge is 0.239 e. The molecule has 4 heteroatoms. The van der Waals surface area contributed by atoms with Crippen molar-refractivity contribution in [2.75, 3.05) is 13.7 Å². The van der Waals surface area contributed by atoms with E-state index in [1.807, 2.05) is 54.6 Å². The van der Waals surface area contributed by atoms with E-state index in [0.717, 1.165) is 23.3 Å². The molecule has 2 aromatic rings. The molecule has 1 atom stereocenters. The van der Waals surface area contributed by atoms with Crippen LogP contribution in [-0.2, 0) is 11.2 Å². The molecule has 1 amide bonds. The Bertz CT molecular complexity index is 584. The fraction of sp³-hybridized carbons (Fsp3) is 0.235. The molecule has 0 aromatic heterocycles. The highest BCUT2D eigenvalue weighted by Gasteiger charge is 2.16. The van der Waals surface area contributed by atoms with E-state index in [1.165, 1.54) is 0 Å². The Kier molecular flexibility index (Phi) is 5.35. The van der Waals surface area contributed by atoms with Gasteiger partial charge in [0, 0.05) is 6.54 Å². The quantitative estimate of drug-likeness (QED) is 0.818. The second-order valence-electron chi connectivity index (χ2n) is 4.80. The van der Waals surface area contributed by atoms with Crippen LogP contribution in [0, 0.1) is 0 Å². The number of rotatable bonds is 7. The summed E-state index contributed by atoms with van der Waals surface area (Å²) >= 11 is 0. The second-order valence-corrected chi connectivity index (χ2v) is 4.80. The fourth-order valence-corrected chi connectivity index (χ4v) is 2.22. The summed E-state index contributed by atoms with van der Waals surface area (Å²) in [5.74, 6) is 0.467. The van der Waals surface area contributed by atoms with Gasteiger partial charge in [-0.05, 0) is 29.7 Å². The van der Waals surface area contributed by atoms with Gasteiger partial charge in [0.1, 0.15) is 11.8 Å². The Balaban J connectivity index is 1.95. The van der Waals surface area contributed by atoms with Gasteiger partial charge in [-0.25, -0.2) is 0 Å². The van der Waals surface area contributed by atoms with Crippen molar-refractivity contribution in [2.45, 2.75) is 12.5 Å². The lowest BCUT2D eigenvalue weighted by Gasteiger charge is -2.16. The molecule has 0 aliphatic heterocycles. The van der Waals surface area contributed by atoms with Gasteiger partial charge in [0.2, 0.25) is 5.91 Å². The second kappa shape index (κ2) is 7.45. The molecule has 0 radical (unpaired) electrons. The van der Waals surface area contributed by atoms with Gasteiger partial charge >= 0.3 is 0 Å². The third-order valence-electron chi connectivity index (χ3n) is 3.31. The summed E-state index contributed by atoms with van der Waals surface area (Å²) in [6.07, 6.45) is 0.799. The zero-order valence-electron chi connectivity index (χ0n) is 12.1. The first-order chi connectivity index (χ1) is 10.2. The largest absolute Gasteiger partial charge is 0.497 e. The van der Waals surface area contributed by atoms with Crippen molar-refractivity contribution in [3.63, 3.8) is 0 Å². The van der Waals surface area contributed by atoms with Crippen LogP contribution in [0.25, 0.3) is 0 Å². The molecule has 21 heavy (non-hydrogen) atoms. The molecule has 0 spiro atoms. The zero-order chi connectivity index (χ0) is 15.1. The highest BCUT2D eigenvalue weighted by atomic mass is 16.5. The molecule has 4 nitrogen and oxygen atoms in total. The van der Waals surface area contributed by atoms with E-state index >= 15 is 0 Å². The van der Waals surface area contributed by atoms with Crippen LogP contribution < -0.4 is 15.8 Å². The standard InChI is InChI=1S/C17H20N2O2/c1-21-15-9-5-6-13(12-15)10-11-19-16(17(18)20)14-7-3-2-4-8-14/h2-9,12,16,19H,10-11H2,1H3,(H2,18,20)/t16-/m0/s1. The number of ether oxygens (including phenoxy) is 1. The highest BCUT2D eigenvalue weighted by molar-refractivity contribution is 5.81. The first kappa shape index (κ1) is 15.1. The minimum absolute atomic E-state index is 0.369. The Labute approximate surface area is 124 Å². The number of hydrogen-bond donors (Lipinski definition) is 2. The van der Waals surface area contributed by atoms with Crippen LogP contribution in [0.5, 0.6) is 5.75 Å². The minimum atomic E-state index is -0.461. The van der Waals surface area contributed by atoms with Crippen molar-refractivity contribution in [3.05, 3.63) is 65.7 Å². The summed E-state index contributed by atoms with van der Waals surface area (Å²) in [4.78, 5) is 11.6. The molecular weight excluding hydrogens is 264 g/mol. The lowest BCUT2D eigenvalue weighted by atomic mass is 10.1. The normalized spacial score (nSPS) is 11.9. The van der Waals surface area contributed by atoms with Crippen LogP contribution in [0.3, 0.4) is 0 Å². The number of carbonyl (C=O) groups excluding carboxylic acids is 1. The lowest BCUT2D eigenvalue weighted by Crippen LogP contribution is -2.34. The molecule has 3 N–H and O–H groups in total. The number of nitrogens with one attached hydrogen (secondary N) is 1. The summed E-state index contributed by atoms with van der Waals surface area (Å²) < 4.78 is 5.20. The Morgan fingerprint density at radius 1 is 1.19 bits per heavy atom. The first-order valence-corrected chi connectivity index (χ1v) is 6.91. The zero-order valence-corrected chi connectivity index (χ0v) is 12.1. The molecule has 2 aromatic carbocycles. The van der Waals surface area contributed by atoms with E-state index in [4.69, 9.17) is 10.5 Å². The van der Waals surface area contributed by atoms with Gasteiger partial charge in [0.15, 0.2) is 0 Å². The predicted octanol–water partition coefficient (Wildman–Crippen LogP) is 2.05. The number of hydrogen-bond acceptors (Lipinski definition) is 3.